The zero-order valence-electron chi connectivity index (χ0n) is 12.8. The van der Waals surface area contributed by atoms with Gasteiger partial charge in [-0.15, -0.1) is 0 Å². The predicted octanol–water partition coefficient (Wildman–Crippen LogP) is 3.82. The number of hydrogen-bond acceptors (Lipinski definition) is 1. The highest BCUT2D eigenvalue weighted by molar-refractivity contribution is 5.82. The first-order chi connectivity index (χ1) is 9.99. The minimum atomic E-state index is -0.199. The lowest BCUT2D eigenvalue weighted by atomic mass is 9.73. The van der Waals surface area contributed by atoms with Gasteiger partial charge in [0.1, 0.15) is 0 Å². The first-order valence-electron chi connectivity index (χ1n) is 7.42. The Bertz CT molecular complexity index is 657. The van der Waals surface area contributed by atoms with E-state index in [9.17, 15) is 4.79 Å². The normalized spacial score (nSPS) is 24.9. The van der Waals surface area contributed by atoms with Gasteiger partial charge in [-0.05, 0) is 25.0 Å². The van der Waals surface area contributed by atoms with Crippen molar-refractivity contribution in [2.45, 2.75) is 38.6 Å². The molecular weight excluding hydrogens is 258 g/mol. The molecular formula is C19H21NO. The second-order valence-electron chi connectivity index (χ2n) is 6.38. The molecule has 0 bridgehead atoms. The summed E-state index contributed by atoms with van der Waals surface area (Å²) < 4.78 is 0. The maximum atomic E-state index is 12.1. The summed E-state index contributed by atoms with van der Waals surface area (Å²) in [5.41, 5.74) is 4.71. The van der Waals surface area contributed by atoms with Crippen molar-refractivity contribution in [3.05, 3.63) is 70.8 Å². The highest BCUT2D eigenvalue weighted by Gasteiger charge is 2.45. The van der Waals surface area contributed by atoms with Crippen molar-refractivity contribution < 1.29 is 4.79 Å². The Kier molecular flexibility index (Phi) is 3.32. The largest absolute Gasteiger partial charge is 0.348 e. The van der Waals surface area contributed by atoms with E-state index in [1.807, 2.05) is 18.2 Å². The van der Waals surface area contributed by atoms with Crippen LogP contribution in [0.4, 0.5) is 0 Å². The summed E-state index contributed by atoms with van der Waals surface area (Å²) in [6, 6.07) is 16.9. The summed E-state index contributed by atoms with van der Waals surface area (Å²) in [4.78, 5) is 12.1. The average molecular weight is 279 g/mol. The lowest BCUT2D eigenvalue weighted by Crippen LogP contribution is -2.30. The summed E-state index contributed by atoms with van der Waals surface area (Å²) >= 11 is 0. The van der Waals surface area contributed by atoms with Gasteiger partial charge in [0.25, 0.3) is 0 Å². The van der Waals surface area contributed by atoms with E-state index >= 15 is 0 Å². The van der Waals surface area contributed by atoms with E-state index in [2.05, 4.69) is 56.4 Å². The molecule has 2 unspecified atom stereocenters. The third-order valence-corrected chi connectivity index (χ3v) is 4.48. The van der Waals surface area contributed by atoms with Crippen molar-refractivity contribution >= 4 is 5.91 Å². The Labute approximate surface area is 126 Å². The Morgan fingerprint density at radius 3 is 2.29 bits per heavy atom. The fourth-order valence-electron chi connectivity index (χ4n) is 3.48. The van der Waals surface area contributed by atoms with E-state index in [1.165, 1.54) is 22.3 Å². The van der Waals surface area contributed by atoms with Crippen molar-refractivity contribution in [1.29, 1.82) is 0 Å². The summed E-state index contributed by atoms with van der Waals surface area (Å²) in [6.45, 7) is 6.42. The van der Waals surface area contributed by atoms with E-state index in [1.54, 1.807) is 0 Å². The Morgan fingerprint density at radius 2 is 1.67 bits per heavy atom. The summed E-state index contributed by atoms with van der Waals surface area (Å²) in [6.07, 6.45) is 0.537. The summed E-state index contributed by atoms with van der Waals surface area (Å²) in [5, 5.41) is 3.16. The van der Waals surface area contributed by atoms with Gasteiger partial charge in [-0.2, -0.15) is 0 Å². The molecule has 0 radical (unpaired) electrons. The SMILES string of the molecule is Cc1cc(C)cc(C2(C)CC(=O)NC2c2ccccc2)c1. The van der Waals surface area contributed by atoms with E-state index < -0.39 is 0 Å². The molecule has 1 saturated heterocycles. The standard InChI is InChI=1S/C19H21NO/c1-13-9-14(2)11-16(10-13)19(3)12-17(21)20-18(19)15-7-5-4-6-8-15/h4-11,18H,12H2,1-3H3,(H,20,21). The molecule has 1 aliphatic heterocycles. The molecule has 21 heavy (non-hydrogen) atoms. The zero-order chi connectivity index (χ0) is 15.0. The number of aryl methyl sites for hydroxylation is 2. The predicted molar refractivity (Wildman–Crippen MR) is 85.2 cm³/mol. The molecule has 2 heteroatoms. The van der Waals surface area contributed by atoms with E-state index in [4.69, 9.17) is 0 Å². The molecule has 0 aromatic heterocycles. The smallest absolute Gasteiger partial charge is 0.221 e. The molecule has 2 nitrogen and oxygen atoms in total. The number of amides is 1. The first kappa shape index (κ1) is 13.9. The molecule has 1 fully saturated rings. The fraction of sp³-hybridized carbons (Fsp3) is 0.316. The Hall–Kier alpha value is -2.09. The van der Waals surface area contributed by atoms with Crippen LogP contribution in [0, 0.1) is 13.8 Å². The first-order valence-corrected chi connectivity index (χ1v) is 7.42. The van der Waals surface area contributed by atoms with Crippen LogP contribution in [-0.4, -0.2) is 5.91 Å². The van der Waals surface area contributed by atoms with E-state index in [-0.39, 0.29) is 17.4 Å². The van der Waals surface area contributed by atoms with Gasteiger partial charge in [-0.3, -0.25) is 4.79 Å². The highest BCUT2D eigenvalue weighted by atomic mass is 16.2. The highest BCUT2D eigenvalue weighted by Crippen LogP contribution is 2.44. The monoisotopic (exact) mass is 279 g/mol. The van der Waals surface area contributed by atoms with Crippen LogP contribution in [-0.2, 0) is 10.2 Å². The molecule has 108 valence electrons. The number of carbonyl (C=O) groups is 1. The summed E-state index contributed by atoms with van der Waals surface area (Å²) in [7, 11) is 0. The Morgan fingerprint density at radius 1 is 1.05 bits per heavy atom. The molecule has 2 aromatic rings. The van der Waals surface area contributed by atoms with Crippen LogP contribution in [0.15, 0.2) is 48.5 Å². The molecule has 0 aliphatic carbocycles. The van der Waals surface area contributed by atoms with Crippen LogP contribution in [0.2, 0.25) is 0 Å². The molecule has 2 atom stereocenters. The minimum Gasteiger partial charge on any atom is -0.348 e. The van der Waals surface area contributed by atoms with Crippen LogP contribution in [0.1, 0.15) is 41.6 Å². The molecule has 0 saturated carbocycles. The van der Waals surface area contributed by atoms with Gasteiger partial charge < -0.3 is 5.32 Å². The third-order valence-electron chi connectivity index (χ3n) is 4.48. The molecule has 2 aromatic carbocycles. The van der Waals surface area contributed by atoms with Crippen molar-refractivity contribution in [3.8, 4) is 0 Å². The maximum Gasteiger partial charge on any atom is 0.221 e. The van der Waals surface area contributed by atoms with Gasteiger partial charge in [0.2, 0.25) is 5.91 Å². The molecule has 1 N–H and O–H groups in total. The van der Waals surface area contributed by atoms with Crippen LogP contribution in [0.25, 0.3) is 0 Å². The lowest BCUT2D eigenvalue weighted by Gasteiger charge is -2.31. The van der Waals surface area contributed by atoms with Crippen LogP contribution < -0.4 is 5.32 Å². The van der Waals surface area contributed by atoms with Gasteiger partial charge in [0.15, 0.2) is 0 Å². The number of benzene rings is 2. The number of rotatable bonds is 2. The minimum absolute atomic E-state index is 0.0346. The molecule has 3 rings (SSSR count). The molecule has 1 aliphatic rings. The van der Waals surface area contributed by atoms with Crippen LogP contribution >= 0.6 is 0 Å². The fourth-order valence-corrected chi connectivity index (χ4v) is 3.48. The van der Waals surface area contributed by atoms with E-state index in [0.717, 1.165) is 0 Å². The van der Waals surface area contributed by atoms with Gasteiger partial charge >= 0.3 is 0 Å². The molecule has 0 spiro atoms. The number of nitrogens with one attached hydrogen (secondary N) is 1. The van der Waals surface area contributed by atoms with Crippen molar-refractivity contribution in [1.82, 2.24) is 5.32 Å². The summed E-state index contributed by atoms with van der Waals surface area (Å²) in [5.74, 6) is 0.130. The van der Waals surface area contributed by atoms with E-state index in [0.29, 0.717) is 6.42 Å². The Balaban J connectivity index is 2.10. The second kappa shape index (κ2) is 5.03. The number of carbonyl (C=O) groups excluding carboxylic acids is 1. The second-order valence-corrected chi connectivity index (χ2v) is 6.38. The topological polar surface area (TPSA) is 29.1 Å². The van der Waals surface area contributed by atoms with Crippen molar-refractivity contribution in [2.75, 3.05) is 0 Å². The van der Waals surface area contributed by atoms with Crippen LogP contribution in [0.3, 0.4) is 0 Å². The van der Waals surface area contributed by atoms with Gasteiger partial charge in [0.05, 0.1) is 6.04 Å². The lowest BCUT2D eigenvalue weighted by molar-refractivity contribution is -0.119. The third kappa shape index (κ3) is 2.46. The van der Waals surface area contributed by atoms with Gasteiger partial charge in [-0.25, -0.2) is 0 Å². The van der Waals surface area contributed by atoms with Crippen molar-refractivity contribution in [2.24, 2.45) is 0 Å². The molecule has 1 heterocycles. The quantitative estimate of drug-likeness (QED) is 0.889. The number of hydrogen-bond donors (Lipinski definition) is 1. The van der Waals surface area contributed by atoms with Gasteiger partial charge in [0, 0.05) is 11.8 Å². The van der Waals surface area contributed by atoms with Crippen molar-refractivity contribution in [3.63, 3.8) is 0 Å². The van der Waals surface area contributed by atoms with Crippen LogP contribution in [0.5, 0.6) is 0 Å². The zero-order valence-corrected chi connectivity index (χ0v) is 12.8. The van der Waals surface area contributed by atoms with Gasteiger partial charge in [-0.1, -0.05) is 66.6 Å². The average Bonchev–Trinajstić information content (AvgIpc) is 2.75. The maximum absolute atomic E-state index is 12.1. The molecule has 1 amide bonds.